The van der Waals surface area contributed by atoms with Gasteiger partial charge in [0.05, 0.1) is 20.1 Å². The minimum Gasteiger partial charge on any atom is -0.493 e. The van der Waals surface area contributed by atoms with E-state index in [9.17, 15) is 28.8 Å². The number of carbonyl (C=O) groups excluding carboxylic acids is 6. The topological polar surface area (TPSA) is 204 Å². The second-order valence-electron chi connectivity index (χ2n) is 12.4. The fraction of sp³-hybridized carbons (Fsp3) is 0.474. The normalized spacial score (nSPS) is 22.7. The largest absolute Gasteiger partial charge is 0.493 e. The number of carbonyl (C=O) groups is 6. The summed E-state index contributed by atoms with van der Waals surface area (Å²) < 4.78 is 62.2. The Hall–Kier alpha value is -5.84. The van der Waals surface area contributed by atoms with Crippen LogP contribution in [0, 0.1) is 0 Å². The van der Waals surface area contributed by atoms with Gasteiger partial charge in [-0.05, 0) is 41.5 Å². The number of rotatable bonds is 15. The Labute approximate surface area is 316 Å². The van der Waals surface area contributed by atoms with Crippen LogP contribution in [0.25, 0.3) is 6.08 Å². The Balaban J connectivity index is 1.72. The molecule has 0 spiro atoms. The quantitative estimate of drug-likeness (QED) is 0.188. The molecule has 0 saturated carbocycles. The van der Waals surface area contributed by atoms with E-state index in [0.717, 1.165) is 20.8 Å². The van der Waals surface area contributed by atoms with Crippen molar-refractivity contribution in [3.05, 3.63) is 53.1 Å². The second-order valence-corrected chi connectivity index (χ2v) is 12.4. The predicted octanol–water partition coefficient (Wildman–Crippen LogP) is 3.52. The predicted molar refractivity (Wildman–Crippen MR) is 187 cm³/mol. The van der Waals surface area contributed by atoms with Gasteiger partial charge in [-0.1, -0.05) is 12.1 Å². The van der Waals surface area contributed by atoms with Crippen LogP contribution in [-0.4, -0.2) is 101 Å². The number of methoxy groups -OCH3 is 2. The summed E-state index contributed by atoms with van der Waals surface area (Å²) in [5, 5.41) is 0. The van der Waals surface area contributed by atoms with Gasteiger partial charge in [-0.25, -0.2) is 0 Å². The molecular formula is C38H44O17. The summed E-state index contributed by atoms with van der Waals surface area (Å²) in [6.07, 6.45) is -4.34. The van der Waals surface area contributed by atoms with Gasteiger partial charge in [0.15, 0.2) is 35.2 Å². The Kier molecular flexibility index (Phi) is 14.4. The van der Waals surface area contributed by atoms with Crippen molar-refractivity contribution in [1.82, 2.24) is 0 Å². The first-order valence-corrected chi connectivity index (χ1v) is 17.1. The summed E-state index contributed by atoms with van der Waals surface area (Å²) in [7, 11) is 2.87. The minimum atomic E-state index is -1.51. The fourth-order valence-corrected chi connectivity index (χ4v) is 6.07. The first-order valence-electron chi connectivity index (χ1n) is 17.1. The zero-order valence-electron chi connectivity index (χ0n) is 31.6. The molecule has 2 aromatic rings. The van der Waals surface area contributed by atoms with Crippen molar-refractivity contribution < 1.29 is 80.9 Å². The molecule has 2 aliphatic rings. The van der Waals surface area contributed by atoms with E-state index in [-0.39, 0.29) is 24.7 Å². The van der Waals surface area contributed by atoms with Crippen LogP contribution in [0.15, 0.2) is 36.4 Å². The zero-order chi connectivity index (χ0) is 40.4. The van der Waals surface area contributed by atoms with E-state index < -0.39 is 85.2 Å². The van der Waals surface area contributed by atoms with E-state index in [1.165, 1.54) is 41.1 Å². The summed E-state index contributed by atoms with van der Waals surface area (Å²) in [5.74, 6) is -3.38. The van der Waals surface area contributed by atoms with Crippen LogP contribution in [0.3, 0.4) is 0 Å². The number of hydrogen-bond acceptors (Lipinski definition) is 17. The standard InChI is InChI=1S/C38H44O17/c1-19(39)47-13-9-10-25-14-27-28(17-48-20(2)40)33(55-34(27)31(15-25)46-8)26-11-12-29(30(16-26)45-7)53-38-37(52-24(6)44)36(51-23(5)43)35(50-22(4)42)32(54-38)18-49-21(3)41/h9-12,14-16,28,32-33,35-38H,13,17-18H2,1-8H3/b10-9+/t28-,32+,33-,35+,36-,37+,38+/m0/s1. The Morgan fingerprint density at radius 1 is 0.655 bits per heavy atom. The van der Waals surface area contributed by atoms with Gasteiger partial charge >= 0.3 is 35.8 Å². The number of esters is 6. The highest BCUT2D eigenvalue weighted by Gasteiger charge is 2.53. The van der Waals surface area contributed by atoms with E-state index in [0.29, 0.717) is 28.2 Å². The van der Waals surface area contributed by atoms with E-state index in [2.05, 4.69) is 0 Å². The van der Waals surface area contributed by atoms with Crippen molar-refractivity contribution in [2.24, 2.45) is 0 Å². The third kappa shape index (κ3) is 11.1. The maximum atomic E-state index is 12.3. The number of fused-ring (bicyclic) bond motifs is 1. The molecule has 0 aromatic heterocycles. The first-order chi connectivity index (χ1) is 26.1. The minimum absolute atomic E-state index is 0.0535. The van der Waals surface area contributed by atoms with E-state index in [4.69, 9.17) is 52.1 Å². The van der Waals surface area contributed by atoms with Gasteiger partial charge < -0.3 is 52.1 Å². The molecule has 2 aliphatic heterocycles. The molecule has 0 bridgehead atoms. The molecule has 4 rings (SSSR count). The fourth-order valence-electron chi connectivity index (χ4n) is 6.07. The first kappa shape index (κ1) is 41.9. The summed E-state index contributed by atoms with van der Waals surface area (Å²) in [4.78, 5) is 71.6. The molecule has 0 amide bonds. The second kappa shape index (κ2) is 19.0. The average molecular weight is 773 g/mol. The molecule has 2 heterocycles. The molecular weight excluding hydrogens is 728 g/mol. The summed E-state index contributed by atoms with van der Waals surface area (Å²) in [6, 6.07) is 8.45. The zero-order valence-corrected chi connectivity index (χ0v) is 31.6. The van der Waals surface area contributed by atoms with Crippen LogP contribution >= 0.6 is 0 Å². The molecule has 7 atom stereocenters. The lowest BCUT2D eigenvalue weighted by Crippen LogP contribution is -2.63. The van der Waals surface area contributed by atoms with Gasteiger partial charge in [0, 0.05) is 47.1 Å². The average Bonchev–Trinajstić information content (AvgIpc) is 3.48. The monoisotopic (exact) mass is 772 g/mol. The van der Waals surface area contributed by atoms with E-state index in [1.807, 2.05) is 6.07 Å². The van der Waals surface area contributed by atoms with Gasteiger partial charge in [-0.3, -0.25) is 28.8 Å². The molecule has 2 aromatic carbocycles. The van der Waals surface area contributed by atoms with Gasteiger partial charge in [-0.2, -0.15) is 0 Å². The SMILES string of the molecule is COc1cc([C@@H]2Oc3c(OC)cc(/C=C/COC(C)=O)cc3[C@@H]2COC(C)=O)ccc1O[C@@H]1O[C@H](COC(C)=O)[C@@H](OC(C)=O)[C@H](OC(C)=O)[C@H]1OC(C)=O. The van der Waals surface area contributed by atoms with Gasteiger partial charge in [0.1, 0.15) is 32.0 Å². The van der Waals surface area contributed by atoms with Crippen molar-refractivity contribution in [3.8, 4) is 23.0 Å². The summed E-state index contributed by atoms with van der Waals surface area (Å²) in [5.41, 5.74) is 1.98. The van der Waals surface area contributed by atoms with Crippen molar-refractivity contribution in [2.45, 2.75) is 84.3 Å². The molecule has 1 fully saturated rings. The molecule has 0 radical (unpaired) electrons. The molecule has 55 heavy (non-hydrogen) atoms. The van der Waals surface area contributed by atoms with Crippen molar-refractivity contribution in [3.63, 3.8) is 0 Å². The van der Waals surface area contributed by atoms with Crippen molar-refractivity contribution >= 4 is 41.9 Å². The van der Waals surface area contributed by atoms with Crippen LogP contribution in [0.2, 0.25) is 0 Å². The maximum absolute atomic E-state index is 12.3. The van der Waals surface area contributed by atoms with Crippen molar-refractivity contribution in [1.29, 1.82) is 0 Å². The third-order valence-electron chi connectivity index (χ3n) is 8.20. The Morgan fingerprint density at radius 2 is 1.25 bits per heavy atom. The maximum Gasteiger partial charge on any atom is 0.303 e. The van der Waals surface area contributed by atoms with E-state index in [1.54, 1.807) is 30.4 Å². The lowest BCUT2D eigenvalue weighted by molar-refractivity contribution is -0.288. The van der Waals surface area contributed by atoms with Crippen LogP contribution in [0.4, 0.5) is 0 Å². The summed E-state index contributed by atoms with van der Waals surface area (Å²) >= 11 is 0. The van der Waals surface area contributed by atoms with Crippen LogP contribution < -0.4 is 18.9 Å². The van der Waals surface area contributed by atoms with Crippen molar-refractivity contribution in [2.75, 3.05) is 34.0 Å². The molecule has 0 aliphatic carbocycles. The number of benzene rings is 2. The Bertz CT molecular complexity index is 1780. The summed E-state index contributed by atoms with van der Waals surface area (Å²) in [6.45, 7) is 6.69. The van der Waals surface area contributed by atoms with E-state index >= 15 is 0 Å². The molecule has 1 saturated heterocycles. The molecule has 298 valence electrons. The highest BCUT2D eigenvalue weighted by molar-refractivity contribution is 5.69. The molecule has 17 nitrogen and oxygen atoms in total. The number of hydrogen-bond donors (Lipinski definition) is 0. The van der Waals surface area contributed by atoms with Gasteiger partial charge in [-0.15, -0.1) is 0 Å². The lowest BCUT2D eigenvalue weighted by atomic mass is 9.90. The lowest BCUT2D eigenvalue weighted by Gasteiger charge is -2.44. The highest BCUT2D eigenvalue weighted by Crippen LogP contribution is 2.52. The number of ether oxygens (including phenoxy) is 11. The van der Waals surface area contributed by atoms with Gasteiger partial charge in [0.2, 0.25) is 12.4 Å². The molecule has 17 heteroatoms. The van der Waals surface area contributed by atoms with Gasteiger partial charge in [0.25, 0.3) is 0 Å². The molecule has 0 unspecified atom stereocenters. The highest BCUT2D eigenvalue weighted by atomic mass is 16.7. The molecule has 0 N–H and O–H groups in total. The van der Waals surface area contributed by atoms with Crippen LogP contribution in [0.5, 0.6) is 23.0 Å². The Morgan fingerprint density at radius 3 is 1.85 bits per heavy atom. The third-order valence-corrected chi connectivity index (χ3v) is 8.20. The smallest absolute Gasteiger partial charge is 0.303 e. The van der Waals surface area contributed by atoms with Crippen LogP contribution in [-0.2, 0) is 61.9 Å². The van der Waals surface area contributed by atoms with Crippen LogP contribution in [0.1, 0.15) is 70.3 Å².